The summed E-state index contributed by atoms with van der Waals surface area (Å²) in [6, 6.07) is 37.4. The minimum atomic E-state index is 0.00692. The van der Waals surface area contributed by atoms with E-state index in [-0.39, 0.29) is 5.41 Å². The zero-order chi connectivity index (χ0) is 24.2. The van der Waals surface area contributed by atoms with Crippen LogP contribution in [0.4, 0.5) is 0 Å². The van der Waals surface area contributed by atoms with Crippen molar-refractivity contribution in [3.63, 3.8) is 0 Å². The highest BCUT2D eigenvalue weighted by molar-refractivity contribution is 5.84. The minimum Gasteiger partial charge on any atom is -0.248 e. The van der Waals surface area contributed by atoms with Gasteiger partial charge >= 0.3 is 0 Å². The fraction of sp³-hybridized carbons (Fsp3) is 0.147. The van der Waals surface area contributed by atoms with Crippen molar-refractivity contribution in [1.29, 1.82) is 0 Å². The Morgan fingerprint density at radius 3 is 1.63 bits per heavy atom. The Bertz CT molecular complexity index is 1550. The Balaban J connectivity index is 1.33. The average Bonchev–Trinajstić information content (AvgIpc) is 3.10. The SMILES string of the molecule is Cc1ccc(-c2cccc(-c3ccc(-c4ccc5c(c4)C(C)(C)c4cc(C)ccc4-5)cc3)n2)cc1. The smallest absolute Gasteiger partial charge is 0.0709 e. The predicted molar refractivity (Wildman–Crippen MR) is 148 cm³/mol. The molecule has 0 spiro atoms. The van der Waals surface area contributed by atoms with Crippen molar-refractivity contribution in [2.45, 2.75) is 33.1 Å². The molecule has 1 nitrogen and oxygen atoms in total. The van der Waals surface area contributed by atoms with Crippen molar-refractivity contribution < 1.29 is 0 Å². The summed E-state index contributed by atoms with van der Waals surface area (Å²) in [5.74, 6) is 0. The van der Waals surface area contributed by atoms with Gasteiger partial charge in [-0.2, -0.15) is 0 Å². The molecular formula is C34H29N. The van der Waals surface area contributed by atoms with Gasteiger partial charge in [0.25, 0.3) is 0 Å². The van der Waals surface area contributed by atoms with E-state index in [4.69, 9.17) is 4.98 Å². The third-order valence-corrected chi connectivity index (χ3v) is 7.44. The molecule has 6 rings (SSSR count). The second-order valence-corrected chi connectivity index (χ2v) is 10.3. The van der Waals surface area contributed by atoms with Gasteiger partial charge in [0.05, 0.1) is 11.4 Å². The molecule has 1 aromatic heterocycles. The molecule has 0 amide bonds. The van der Waals surface area contributed by atoms with Crippen LogP contribution in [0.25, 0.3) is 44.8 Å². The van der Waals surface area contributed by atoms with Crippen LogP contribution in [-0.4, -0.2) is 4.98 Å². The second kappa shape index (κ2) is 8.06. The third kappa shape index (κ3) is 3.68. The van der Waals surface area contributed by atoms with E-state index >= 15 is 0 Å². The van der Waals surface area contributed by atoms with Gasteiger partial charge in [-0.3, -0.25) is 0 Å². The molecule has 0 radical (unpaired) electrons. The van der Waals surface area contributed by atoms with Gasteiger partial charge in [-0.05, 0) is 65.4 Å². The maximum atomic E-state index is 4.94. The van der Waals surface area contributed by atoms with E-state index in [0.717, 1.165) is 22.5 Å². The molecule has 0 atom stereocenters. The number of fused-ring (bicyclic) bond motifs is 3. The summed E-state index contributed by atoms with van der Waals surface area (Å²) >= 11 is 0. The van der Waals surface area contributed by atoms with Gasteiger partial charge in [0, 0.05) is 16.5 Å². The van der Waals surface area contributed by atoms with Crippen LogP contribution >= 0.6 is 0 Å². The summed E-state index contributed by atoms with van der Waals surface area (Å²) in [7, 11) is 0. The molecule has 0 unspecified atom stereocenters. The minimum absolute atomic E-state index is 0.00692. The fourth-order valence-electron chi connectivity index (χ4n) is 5.34. The lowest BCUT2D eigenvalue weighted by Crippen LogP contribution is -2.15. The Labute approximate surface area is 208 Å². The Morgan fingerprint density at radius 1 is 0.486 bits per heavy atom. The third-order valence-electron chi connectivity index (χ3n) is 7.44. The lowest BCUT2D eigenvalue weighted by molar-refractivity contribution is 0.660. The zero-order valence-electron chi connectivity index (χ0n) is 20.8. The topological polar surface area (TPSA) is 12.9 Å². The maximum Gasteiger partial charge on any atom is 0.0709 e. The highest BCUT2D eigenvalue weighted by Gasteiger charge is 2.35. The molecule has 0 aliphatic heterocycles. The number of pyridine rings is 1. The molecule has 0 fully saturated rings. The number of benzene rings is 4. The Kier molecular flexibility index (Phi) is 4.96. The van der Waals surface area contributed by atoms with Crippen LogP contribution in [0.3, 0.4) is 0 Å². The first-order valence-electron chi connectivity index (χ1n) is 12.3. The summed E-state index contributed by atoms with van der Waals surface area (Å²) in [5.41, 5.74) is 14.9. The molecule has 1 aliphatic carbocycles. The number of aryl methyl sites for hydroxylation is 2. The van der Waals surface area contributed by atoms with Gasteiger partial charge in [-0.25, -0.2) is 4.98 Å². The molecule has 1 heteroatoms. The van der Waals surface area contributed by atoms with Gasteiger partial charge in [-0.15, -0.1) is 0 Å². The van der Waals surface area contributed by atoms with Gasteiger partial charge in [0.2, 0.25) is 0 Å². The van der Waals surface area contributed by atoms with Crippen LogP contribution in [0.1, 0.15) is 36.1 Å². The van der Waals surface area contributed by atoms with Crippen LogP contribution in [0, 0.1) is 13.8 Å². The Hall–Kier alpha value is -3.97. The highest BCUT2D eigenvalue weighted by atomic mass is 14.7. The van der Waals surface area contributed by atoms with Crippen molar-refractivity contribution in [3.05, 3.63) is 125 Å². The van der Waals surface area contributed by atoms with Crippen molar-refractivity contribution in [3.8, 4) is 44.8 Å². The number of nitrogens with zero attached hydrogens (tertiary/aromatic N) is 1. The first kappa shape index (κ1) is 21.6. The first-order chi connectivity index (χ1) is 16.9. The number of hydrogen-bond acceptors (Lipinski definition) is 1. The van der Waals surface area contributed by atoms with Crippen LogP contribution in [0.15, 0.2) is 103 Å². The van der Waals surface area contributed by atoms with Gasteiger partial charge in [0.15, 0.2) is 0 Å². The predicted octanol–water partition coefficient (Wildman–Crippen LogP) is 9.01. The number of rotatable bonds is 3. The number of aromatic nitrogens is 1. The lowest BCUT2D eigenvalue weighted by Gasteiger charge is -2.22. The molecule has 35 heavy (non-hydrogen) atoms. The zero-order valence-corrected chi connectivity index (χ0v) is 20.8. The van der Waals surface area contributed by atoms with Gasteiger partial charge < -0.3 is 0 Å². The van der Waals surface area contributed by atoms with E-state index in [1.807, 2.05) is 0 Å². The van der Waals surface area contributed by atoms with Gasteiger partial charge in [-0.1, -0.05) is 110 Å². The normalized spacial score (nSPS) is 13.4. The summed E-state index contributed by atoms with van der Waals surface area (Å²) in [4.78, 5) is 4.94. The molecule has 0 saturated carbocycles. The molecular weight excluding hydrogens is 422 g/mol. The van der Waals surface area contributed by atoms with Crippen LogP contribution < -0.4 is 0 Å². The van der Waals surface area contributed by atoms with E-state index in [1.54, 1.807) is 0 Å². The molecule has 0 saturated heterocycles. The summed E-state index contributed by atoms with van der Waals surface area (Å²) in [6.45, 7) is 8.97. The Morgan fingerprint density at radius 2 is 0.971 bits per heavy atom. The fourth-order valence-corrected chi connectivity index (χ4v) is 5.34. The van der Waals surface area contributed by atoms with E-state index in [0.29, 0.717) is 0 Å². The van der Waals surface area contributed by atoms with Crippen molar-refractivity contribution in [2.24, 2.45) is 0 Å². The quantitative estimate of drug-likeness (QED) is 0.267. The van der Waals surface area contributed by atoms with Gasteiger partial charge in [0.1, 0.15) is 0 Å². The first-order valence-corrected chi connectivity index (χ1v) is 12.3. The molecule has 170 valence electrons. The summed E-state index contributed by atoms with van der Waals surface area (Å²) in [6.07, 6.45) is 0. The monoisotopic (exact) mass is 451 g/mol. The summed E-state index contributed by atoms with van der Waals surface area (Å²) in [5, 5.41) is 0. The van der Waals surface area contributed by atoms with E-state index < -0.39 is 0 Å². The lowest BCUT2D eigenvalue weighted by atomic mass is 9.81. The van der Waals surface area contributed by atoms with E-state index in [9.17, 15) is 0 Å². The van der Waals surface area contributed by atoms with Crippen LogP contribution in [0.2, 0.25) is 0 Å². The molecule has 4 aromatic carbocycles. The molecule has 0 N–H and O–H groups in total. The van der Waals surface area contributed by atoms with E-state index in [1.165, 1.54) is 44.5 Å². The largest absolute Gasteiger partial charge is 0.248 e. The highest BCUT2D eigenvalue weighted by Crippen LogP contribution is 2.49. The van der Waals surface area contributed by atoms with E-state index in [2.05, 4.69) is 131 Å². The molecule has 0 bridgehead atoms. The molecule has 5 aromatic rings. The summed E-state index contributed by atoms with van der Waals surface area (Å²) < 4.78 is 0. The maximum absolute atomic E-state index is 4.94. The molecule has 1 heterocycles. The van der Waals surface area contributed by atoms with Crippen LogP contribution in [-0.2, 0) is 5.41 Å². The standard InChI is InChI=1S/C34H29N/c1-22-8-11-25(12-9-22)32-6-5-7-33(35-32)26-15-13-24(14-16-26)27-17-19-29-28-18-10-23(2)20-30(28)34(3,4)31(29)21-27/h5-21H,1-4H3. The average molecular weight is 452 g/mol. The van der Waals surface area contributed by atoms with Crippen molar-refractivity contribution in [2.75, 3.05) is 0 Å². The van der Waals surface area contributed by atoms with Crippen molar-refractivity contribution in [1.82, 2.24) is 4.98 Å². The molecule has 1 aliphatic rings. The van der Waals surface area contributed by atoms with Crippen LogP contribution in [0.5, 0.6) is 0 Å². The second-order valence-electron chi connectivity index (χ2n) is 10.3. The van der Waals surface area contributed by atoms with Crippen molar-refractivity contribution >= 4 is 0 Å². The number of hydrogen-bond donors (Lipinski definition) is 0.